The van der Waals surface area contributed by atoms with Crippen molar-refractivity contribution in [3.8, 4) is 11.5 Å². The normalized spacial score (nSPS) is 13.8. The number of rotatable bonds is 8. The molecule has 33 heavy (non-hydrogen) atoms. The molecule has 2 heterocycles. The summed E-state index contributed by atoms with van der Waals surface area (Å²) in [6.45, 7) is 4.96. The van der Waals surface area contributed by atoms with Gasteiger partial charge in [0.25, 0.3) is 5.91 Å². The van der Waals surface area contributed by atoms with Gasteiger partial charge in [0.15, 0.2) is 11.5 Å². The molecule has 172 valence electrons. The second-order valence-electron chi connectivity index (χ2n) is 8.15. The lowest BCUT2D eigenvalue weighted by Crippen LogP contribution is -2.23. The maximum Gasteiger partial charge on any atom is 0.255 e. The minimum absolute atomic E-state index is 0.183. The molecule has 1 aromatic heterocycles. The first kappa shape index (κ1) is 22.6. The first-order valence-corrected chi connectivity index (χ1v) is 11.7. The van der Waals surface area contributed by atoms with Crippen LogP contribution >= 0.6 is 0 Å². The molecule has 0 saturated carbocycles. The predicted octanol–water partition coefficient (Wildman–Crippen LogP) is 5.69. The number of hydrogen-bond donors (Lipinski definition) is 1. The van der Waals surface area contributed by atoms with Crippen LogP contribution in [0.25, 0.3) is 0 Å². The standard InChI is InChI=1S/C27H31N3O3/c1-2-32-26-18-22(9-14-25(26)33-20-21-8-7-15-28-19-21)27(31)29-23-10-12-24(13-11-23)30-16-5-3-4-6-17-30/h7-15,18-19H,2-6,16-17,20H2,1H3,(H,29,31). The summed E-state index contributed by atoms with van der Waals surface area (Å²) in [6.07, 6.45) is 8.58. The fourth-order valence-corrected chi connectivity index (χ4v) is 3.97. The molecule has 6 heteroatoms. The van der Waals surface area contributed by atoms with E-state index >= 15 is 0 Å². The van der Waals surface area contributed by atoms with Crippen LogP contribution in [0.2, 0.25) is 0 Å². The molecule has 0 radical (unpaired) electrons. The maximum absolute atomic E-state index is 12.9. The van der Waals surface area contributed by atoms with Crippen LogP contribution in [-0.4, -0.2) is 30.6 Å². The van der Waals surface area contributed by atoms with E-state index in [4.69, 9.17) is 9.47 Å². The van der Waals surface area contributed by atoms with E-state index in [0.29, 0.717) is 30.3 Å². The van der Waals surface area contributed by atoms with Crippen molar-refractivity contribution in [3.63, 3.8) is 0 Å². The second kappa shape index (κ2) is 11.4. The molecule has 0 atom stereocenters. The van der Waals surface area contributed by atoms with Gasteiger partial charge in [-0.2, -0.15) is 0 Å². The monoisotopic (exact) mass is 445 g/mol. The predicted molar refractivity (Wildman–Crippen MR) is 131 cm³/mol. The van der Waals surface area contributed by atoms with Gasteiger partial charge in [-0.05, 0) is 68.3 Å². The Morgan fingerprint density at radius 1 is 0.970 bits per heavy atom. The molecule has 1 aliphatic heterocycles. The maximum atomic E-state index is 12.9. The van der Waals surface area contributed by atoms with Gasteiger partial charge in [0.1, 0.15) is 6.61 Å². The van der Waals surface area contributed by atoms with Crippen LogP contribution in [-0.2, 0) is 6.61 Å². The SMILES string of the molecule is CCOc1cc(C(=O)Nc2ccc(N3CCCCCC3)cc2)ccc1OCc1cccnc1. The zero-order valence-electron chi connectivity index (χ0n) is 19.1. The third-order valence-electron chi connectivity index (χ3n) is 5.72. The Hall–Kier alpha value is -3.54. The third kappa shape index (κ3) is 6.25. The van der Waals surface area contributed by atoms with Gasteiger partial charge in [0.2, 0.25) is 0 Å². The molecular weight excluding hydrogens is 414 g/mol. The van der Waals surface area contributed by atoms with Crippen LogP contribution < -0.4 is 19.7 Å². The number of carbonyl (C=O) groups excluding carboxylic acids is 1. The van der Waals surface area contributed by atoms with Crippen molar-refractivity contribution in [1.29, 1.82) is 0 Å². The Morgan fingerprint density at radius 2 is 1.76 bits per heavy atom. The van der Waals surface area contributed by atoms with E-state index in [2.05, 4.69) is 27.3 Å². The number of hydrogen-bond acceptors (Lipinski definition) is 5. The van der Waals surface area contributed by atoms with Gasteiger partial charge in [-0.15, -0.1) is 0 Å². The van der Waals surface area contributed by atoms with E-state index in [9.17, 15) is 4.79 Å². The largest absolute Gasteiger partial charge is 0.490 e. The highest BCUT2D eigenvalue weighted by molar-refractivity contribution is 6.04. The third-order valence-corrected chi connectivity index (χ3v) is 5.72. The van der Waals surface area contributed by atoms with Crippen LogP contribution in [0.1, 0.15) is 48.5 Å². The number of nitrogens with one attached hydrogen (secondary N) is 1. The summed E-state index contributed by atoms with van der Waals surface area (Å²) in [5.41, 5.74) is 3.46. The van der Waals surface area contributed by atoms with E-state index in [1.54, 1.807) is 30.6 Å². The number of benzene rings is 2. The van der Waals surface area contributed by atoms with Gasteiger partial charge in [-0.1, -0.05) is 18.9 Å². The Kier molecular flexibility index (Phi) is 7.80. The first-order valence-electron chi connectivity index (χ1n) is 11.7. The number of amides is 1. The quantitative estimate of drug-likeness (QED) is 0.482. The summed E-state index contributed by atoms with van der Waals surface area (Å²) in [6, 6.07) is 17.2. The number of ether oxygens (including phenoxy) is 2. The van der Waals surface area contributed by atoms with Gasteiger partial charge in [-0.3, -0.25) is 9.78 Å². The summed E-state index contributed by atoms with van der Waals surface area (Å²) in [4.78, 5) is 19.4. The molecule has 4 rings (SSSR count). The van der Waals surface area contributed by atoms with E-state index in [0.717, 1.165) is 24.3 Å². The lowest BCUT2D eigenvalue weighted by molar-refractivity contribution is 0.102. The van der Waals surface area contributed by atoms with Crippen LogP contribution in [0.3, 0.4) is 0 Å². The summed E-state index contributed by atoms with van der Waals surface area (Å²) in [7, 11) is 0. The minimum Gasteiger partial charge on any atom is -0.490 e. The average Bonchev–Trinajstić information content (AvgIpc) is 3.14. The van der Waals surface area contributed by atoms with Crippen LogP contribution in [0.15, 0.2) is 67.0 Å². The van der Waals surface area contributed by atoms with Gasteiger partial charge in [0.05, 0.1) is 6.61 Å². The van der Waals surface area contributed by atoms with Crippen LogP contribution in [0.5, 0.6) is 11.5 Å². The molecule has 0 spiro atoms. The number of carbonyl (C=O) groups is 1. The fourth-order valence-electron chi connectivity index (χ4n) is 3.97. The van der Waals surface area contributed by atoms with Crippen molar-refractivity contribution in [3.05, 3.63) is 78.1 Å². The lowest BCUT2D eigenvalue weighted by atomic mass is 10.1. The minimum atomic E-state index is -0.183. The van der Waals surface area contributed by atoms with Crippen molar-refractivity contribution in [2.24, 2.45) is 0 Å². The van der Waals surface area contributed by atoms with Crippen molar-refractivity contribution in [1.82, 2.24) is 4.98 Å². The highest BCUT2D eigenvalue weighted by Gasteiger charge is 2.14. The first-order chi connectivity index (χ1) is 16.2. The summed E-state index contributed by atoms with van der Waals surface area (Å²) < 4.78 is 11.6. The van der Waals surface area contributed by atoms with E-state index in [-0.39, 0.29) is 5.91 Å². The zero-order valence-corrected chi connectivity index (χ0v) is 19.1. The Labute approximate surface area is 195 Å². The average molecular weight is 446 g/mol. The number of pyridine rings is 1. The lowest BCUT2D eigenvalue weighted by Gasteiger charge is -2.22. The molecule has 0 unspecified atom stereocenters. The van der Waals surface area contributed by atoms with E-state index < -0.39 is 0 Å². The highest BCUT2D eigenvalue weighted by Crippen LogP contribution is 2.30. The van der Waals surface area contributed by atoms with E-state index in [1.807, 2.05) is 31.2 Å². The molecule has 1 saturated heterocycles. The van der Waals surface area contributed by atoms with E-state index in [1.165, 1.54) is 31.4 Å². The molecule has 1 aliphatic rings. The molecule has 0 aliphatic carbocycles. The molecule has 0 bridgehead atoms. The molecule has 1 amide bonds. The number of nitrogens with zero attached hydrogens (tertiary/aromatic N) is 2. The molecule has 3 aromatic rings. The Bertz CT molecular complexity index is 1030. The molecule has 1 fully saturated rings. The Morgan fingerprint density at radius 3 is 2.45 bits per heavy atom. The van der Waals surface area contributed by atoms with Crippen LogP contribution in [0.4, 0.5) is 11.4 Å². The fraction of sp³-hybridized carbons (Fsp3) is 0.333. The molecule has 1 N–H and O–H groups in total. The second-order valence-corrected chi connectivity index (χ2v) is 8.15. The van der Waals surface area contributed by atoms with Crippen molar-refractivity contribution < 1.29 is 14.3 Å². The molecule has 6 nitrogen and oxygen atoms in total. The van der Waals surface area contributed by atoms with Gasteiger partial charge in [0, 0.05) is 48.0 Å². The smallest absolute Gasteiger partial charge is 0.255 e. The van der Waals surface area contributed by atoms with Crippen LogP contribution in [0, 0.1) is 0 Å². The number of aromatic nitrogens is 1. The zero-order chi connectivity index (χ0) is 22.9. The number of anilines is 2. The molecular formula is C27H31N3O3. The summed E-state index contributed by atoms with van der Waals surface area (Å²) in [5, 5.41) is 2.99. The van der Waals surface area contributed by atoms with Crippen molar-refractivity contribution >= 4 is 17.3 Å². The van der Waals surface area contributed by atoms with Crippen molar-refractivity contribution in [2.75, 3.05) is 29.9 Å². The Balaban J connectivity index is 1.41. The van der Waals surface area contributed by atoms with Gasteiger partial charge < -0.3 is 19.7 Å². The van der Waals surface area contributed by atoms with Gasteiger partial charge >= 0.3 is 0 Å². The van der Waals surface area contributed by atoms with Crippen molar-refractivity contribution in [2.45, 2.75) is 39.2 Å². The highest BCUT2D eigenvalue weighted by atomic mass is 16.5. The molecule has 2 aromatic carbocycles. The summed E-state index contributed by atoms with van der Waals surface area (Å²) in [5.74, 6) is 0.960. The topological polar surface area (TPSA) is 63.7 Å². The summed E-state index contributed by atoms with van der Waals surface area (Å²) >= 11 is 0. The van der Waals surface area contributed by atoms with Gasteiger partial charge in [-0.25, -0.2) is 0 Å².